The van der Waals surface area contributed by atoms with E-state index in [-0.39, 0.29) is 0 Å². The van der Waals surface area contributed by atoms with E-state index < -0.39 is 11.4 Å². The Labute approximate surface area is 122 Å². The van der Waals surface area contributed by atoms with Crippen molar-refractivity contribution < 1.29 is 9.90 Å². The van der Waals surface area contributed by atoms with Crippen LogP contribution in [0.5, 0.6) is 0 Å². The lowest BCUT2D eigenvalue weighted by Crippen LogP contribution is -2.37. The fraction of sp³-hybridized carbons (Fsp3) is 0.611. The zero-order chi connectivity index (χ0) is 14.4. The van der Waals surface area contributed by atoms with E-state index in [9.17, 15) is 9.90 Å². The molecule has 0 amide bonds. The Morgan fingerprint density at radius 3 is 2.45 bits per heavy atom. The highest BCUT2D eigenvalue weighted by Gasteiger charge is 2.41. The smallest absolute Gasteiger partial charge is 0.309 e. The Morgan fingerprint density at radius 1 is 1.25 bits per heavy atom. The Kier molecular flexibility index (Phi) is 5.22. The van der Waals surface area contributed by atoms with Gasteiger partial charge in [0.1, 0.15) is 0 Å². The number of carboxylic acids is 1. The van der Waals surface area contributed by atoms with Crippen molar-refractivity contribution in [1.82, 2.24) is 0 Å². The maximum absolute atomic E-state index is 11.8. The quantitative estimate of drug-likeness (QED) is 0.817. The van der Waals surface area contributed by atoms with E-state index in [1.54, 1.807) is 0 Å². The molecule has 1 N–H and O–H groups in total. The highest BCUT2D eigenvalue weighted by Crippen LogP contribution is 2.43. The fourth-order valence-electron chi connectivity index (χ4n) is 3.46. The molecule has 1 saturated carbocycles. The van der Waals surface area contributed by atoms with Gasteiger partial charge in [-0.05, 0) is 43.6 Å². The first-order valence-electron chi connectivity index (χ1n) is 7.93. The molecule has 110 valence electrons. The van der Waals surface area contributed by atoms with Gasteiger partial charge in [0.15, 0.2) is 0 Å². The molecule has 0 heterocycles. The van der Waals surface area contributed by atoms with Gasteiger partial charge in [-0.1, -0.05) is 56.5 Å². The number of unbranched alkanes of at least 4 members (excludes halogenated alkanes) is 1. The molecule has 0 spiro atoms. The zero-order valence-electron chi connectivity index (χ0n) is 12.5. The molecular weight excluding hydrogens is 248 g/mol. The summed E-state index contributed by atoms with van der Waals surface area (Å²) in [5, 5.41) is 9.71. The molecule has 0 bridgehead atoms. The Hall–Kier alpha value is -1.31. The number of benzene rings is 1. The van der Waals surface area contributed by atoms with E-state index in [4.69, 9.17) is 0 Å². The minimum atomic E-state index is -0.602. The van der Waals surface area contributed by atoms with Crippen molar-refractivity contribution in [1.29, 1.82) is 0 Å². The van der Waals surface area contributed by atoms with E-state index in [1.165, 1.54) is 19.3 Å². The van der Waals surface area contributed by atoms with Crippen LogP contribution >= 0.6 is 0 Å². The van der Waals surface area contributed by atoms with Crippen LogP contribution in [0.4, 0.5) is 0 Å². The molecule has 2 rings (SSSR count). The topological polar surface area (TPSA) is 37.3 Å². The fourth-order valence-corrected chi connectivity index (χ4v) is 3.46. The molecule has 20 heavy (non-hydrogen) atoms. The SMILES string of the molecule is CCCCC1CCC(Cc2ccccc2)(C(=O)O)CC1. The molecule has 2 heteroatoms. The molecule has 0 aliphatic heterocycles. The summed E-state index contributed by atoms with van der Waals surface area (Å²) < 4.78 is 0. The monoisotopic (exact) mass is 274 g/mol. The third-order valence-corrected chi connectivity index (χ3v) is 4.87. The highest BCUT2D eigenvalue weighted by molar-refractivity contribution is 5.75. The predicted octanol–water partition coefficient (Wildman–Crippen LogP) is 4.68. The molecule has 0 saturated heterocycles. The standard InChI is InChI=1S/C18H26O2/c1-2-3-7-15-10-12-18(13-11-15,17(19)20)14-16-8-5-4-6-9-16/h4-6,8-9,15H,2-3,7,10-14H2,1H3,(H,19,20). The third kappa shape index (κ3) is 3.62. The van der Waals surface area contributed by atoms with Crippen LogP contribution in [0.2, 0.25) is 0 Å². The van der Waals surface area contributed by atoms with Gasteiger partial charge in [-0.3, -0.25) is 4.79 Å². The summed E-state index contributed by atoms with van der Waals surface area (Å²) in [6, 6.07) is 10.1. The molecule has 0 unspecified atom stereocenters. The average Bonchev–Trinajstić information content (AvgIpc) is 2.47. The lowest BCUT2D eigenvalue weighted by atomic mass is 9.66. The van der Waals surface area contributed by atoms with Gasteiger partial charge in [-0.25, -0.2) is 0 Å². The number of hydrogen-bond acceptors (Lipinski definition) is 1. The number of aliphatic carboxylic acids is 1. The number of hydrogen-bond donors (Lipinski definition) is 1. The van der Waals surface area contributed by atoms with Crippen molar-refractivity contribution in [3.05, 3.63) is 35.9 Å². The summed E-state index contributed by atoms with van der Waals surface area (Å²) in [6.45, 7) is 2.22. The van der Waals surface area contributed by atoms with Gasteiger partial charge < -0.3 is 5.11 Å². The van der Waals surface area contributed by atoms with E-state index >= 15 is 0 Å². The van der Waals surface area contributed by atoms with E-state index in [1.807, 2.05) is 30.3 Å². The maximum Gasteiger partial charge on any atom is 0.309 e. The van der Waals surface area contributed by atoms with Crippen molar-refractivity contribution in [2.45, 2.75) is 58.3 Å². The van der Waals surface area contributed by atoms with Gasteiger partial charge in [0.2, 0.25) is 0 Å². The van der Waals surface area contributed by atoms with Crippen molar-refractivity contribution in [2.24, 2.45) is 11.3 Å². The second-order valence-corrected chi connectivity index (χ2v) is 6.33. The second kappa shape index (κ2) is 6.92. The zero-order valence-corrected chi connectivity index (χ0v) is 12.5. The normalized spacial score (nSPS) is 26.4. The molecule has 0 radical (unpaired) electrons. The van der Waals surface area contributed by atoms with Crippen LogP contribution in [0.1, 0.15) is 57.4 Å². The van der Waals surface area contributed by atoms with Crippen LogP contribution < -0.4 is 0 Å². The minimum absolute atomic E-state index is 0.524. The van der Waals surface area contributed by atoms with Gasteiger partial charge in [0, 0.05) is 0 Å². The molecule has 2 nitrogen and oxygen atoms in total. The number of carboxylic acid groups (broad SMARTS) is 1. The Bertz CT molecular complexity index is 416. The first-order chi connectivity index (χ1) is 9.66. The van der Waals surface area contributed by atoms with Gasteiger partial charge in [-0.15, -0.1) is 0 Å². The Balaban J connectivity index is 2.00. The van der Waals surface area contributed by atoms with E-state index in [0.717, 1.165) is 37.2 Å². The Morgan fingerprint density at radius 2 is 1.90 bits per heavy atom. The highest BCUT2D eigenvalue weighted by atomic mass is 16.4. The number of carbonyl (C=O) groups is 1. The molecule has 1 fully saturated rings. The predicted molar refractivity (Wildman–Crippen MR) is 81.7 cm³/mol. The molecule has 1 aliphatic carbocycles. The molecule has 0 atom stereocenters. The second-order valence-electron chi connectivity index (χ2n) is 6.33. The van der Waals surface area contributed by atoms with Gasteiger partial charge in [0.05, 0.1) is 5.41 Å². The van der Waals surface area contributed by atoms with Gasteiger partial charge in [-0.2, -0.15) is 0 Å². The average molecular weight is 274 g/mol. The van der Waals surface area contributed by atoms with E-state index in [0.29, 0.717) is 6.42 Å². The van der Waals surface area contributed by atoms with Crippen molar-refractivity contribution in [3.63, 3.8) is 0 Å². The first-order valence-corrected chi connectivity index (χ1v) is 7.93. The van der Waals surface area contributed by atoms with Crippen LogP contribution in [0.25, 0.3) is 0 Å². The number of rotatable bonds is 6. The van der Waals surface area contributed by atoms with Crippen LogP contribution in [0, 0.1) is 11.3 Å². The van der Waals surface area contributed by atoms with Crippen LogP contribution in [0.15, 0.2) is 30.3 Å². The third-order valence-electron chi connectivity index (χ3n) is 4.87. The molecular formula is C18H26O2. The van der Waals surface area contributed by atoms with Crippen molar-refractivity contribution >= 4 is 5.97 Å². The van der Waals surface area contributed by atoms with E-state index in [2.05, 4.69) is 6.92 Å². The maximum atomic E-state index is 11.8. The summed E-state index contributed by atoms with van der Waals surface area (Å²) in [7, 11) is 0. The first kappa shape index (κ1) is 15.1. The van der Waals surface area contributed by atoms with Crippen molar-refractivity contribution in [2.75, 3.05) is 0 Å². The van der Waals surface area contributed by atoms with Gasteiger partial charge >= 0.3 is 5.97 Å². The molecule has 1 aliphatic rings. The van der Waals surface area contributed by atoms with Gasteiger partial charge in [0.25, 0.3) is 0 Å². The summed E-state index contributed by atoms with van der Waals surface area (Å²) in [6.07, 6.45) is 8.32. The molecule has 0 aromatic heterocycles. The lowest BCUT2D eigenvalue weighted by molar-refractivity contribution is -0.151. The van der Waals surface area contributed by atoms with Crippen molar-refractivity contribution in [3.8, 4) is 0 Å². The van der Waals surface area contributed by atoms with Crippen LogP contribution in [-0.4, -0.2) is 11.1 Å². The van der Waals surface area contributed by atoms with Crippen LogP contribution in [-0.2, 0) is 11.2 Å². The lowest BCUT2D eigenvalue weighted by Gasteiger charge is -2.37. The molecule has 1 aromatic rings. The summed E-state index contributed by atoms with van der Waals surface area (Å²) in [5.41, 5.74) is 0.631. The largest absolute Gasteiger partial charge is 0.481 e. The van der Waals surface area contributed by atoms with Crippen LogP contribution in [0.3, 0.4) is 0 Å². The minimum Gasteiger partial charge on any atom is -0.481 e. The molecule has 1 aromatic carbocycles. The summed E-state index contributed by atoms with van der Waals surface area (Å²) in [5.74, 6) is 0.147. The summed E-state index contributed by atoms with van der Waals surface area (Å²) >= 11 is 0. The summed E-state index contributed by atoms with van der Waals surface area (Å²) in [4.78, 5) is 11.8.